The highest BCUT2D eigenvalue weighted by atomic mass is 19.4. The molecule has 0 saturated heterocycles. The monoisotopic (exact) mass is 274 g/mol. The zero-order chi connectivity index (χ0) is 13.8. The van der Waals surface area contributed by atoms with Crippen LogP contribution >= 0.6 is 0 Å². The first-order chi connectivity index (χ1) is 7.99. The van der Waals surface area contributed by atoms with E-state index in [4.69, 9.17) is 0 Å². The van der Waals surface area contributed by atoms with Crippen LogP contribution in [0, 0.1) is 11.3 Å². The Labute approximate surface area is 99.5 Å². The number of alkyl halides is 6. The normalized spacial score (nSPS) is 32.3. The SMILES string of the molecule is OC(CC12C=CC(CC1)C2)(C(F)(F)F)C(F)(F)F. The summed E-state index contributed by atoms with van der Waals surface area (Å²) in [6.45, 7) is 0. The zero-order valence-electron chi connectivity index (χ0n) is 9.28. The lowest BCUT2D eigenvalue weighted by Gasteiger charge is -2.38. The maximum Gasteiger partial charge on any atom is 0.426 e. The minimum atomic E-state index is -5.71. The molecule has 0 spiro atoms. The maximum atomic E-state index is 12.6. The van der Waals surface area contributed by atoms with Crippen molar-refractivity contribution < 1.29 is 31.4 Å². The average Bonchev–Trinajstić information content (AvgIpc) is 2.73. The van der Waals surface area contributed by atoms with Gasteiger partial charge in [0.25, 0.3) is 5.60 Å². The van der Waals surface area contributed by atoms with E-state index in [1.807, 2.05) is 0 Å². The Morgan fingerprint density at radius 3 is 1.94 bits per heavy atom. The number of halogens is 6. The number of hydrogen-bond acceptors (Lipinski definition) is 1. The molecule has 18 heavy (non-hydrogen) atoms. The first-order valence-electron chi connectivity index (χ1n) is 5.54. The molecule has 2 unspecified atom stereocenters. The third-order valence-electron chi connectivity index (χ3n) is 3.95. The summed E-state index contributed by atoms with van der Waals surface area (Å²) < 4.78 is 75.5. The van der Waals surface area contributed by atoms with Crippen LogP contribution < -0.4 is 0 Å². The van der Waals surface area contributed by atoms with Crippen molar-refractivity contribution in [2.45, 2.75) is 43.6 Å². The van der Waals surface area contributed by atoms with E-state index < -0.39 is 29.8 Å². The van der Waals surface area contributed by atoms with Gasteiger partial charge in [0.1, 0.15) is 0 Å². The molecule has 0 aliphatic heterocycles. The second-order valence-corrected chi connectivity index (χ2v) is 5.26. The van der Waals surface area contributed by atoms with E-state index in [9.17, 15) is 31.4 Å². The Morgan fingerprint density at radius 1 is 1.11 bits per heavy atom. The summed E-state index contributed by atoms with van der Waals surface area (Å²) in [6.07, 6.45) is -8.59. The average molecular weight is 274 g/mol. The largest absolute Gasteiger partial charge is 0.426 e. The van der Waals surface area contributed by atoms with E-state index >= 15 is 0 Å². The first-order valence-corrected chi connectivity index (χ1v) is 5.54. The molecule has 2 atom stereocenters. The van der Waals surface area contributed by atoms with Crippen molar-refractivity contribution in [3.63, 3.8) is 0 Å². The number of fused-ring (bicyclic) bond motifs is 2. The van der Waals surface area contributed by atoms with Crippen LogP contribution in [0.2, 0.25) is 0 Å². The van der Waals surface area contributed by atoms with Gasteiger partial charge in [0.05, 0.1) is 0 Å². The van der Waals surface area contributed by atoms with Gasteiger partial charge in [-0.25, -0.2) is 0 Å². The predicted octanol–water partition coefficient (Wildman–Crippen LogP) is 3.59. The third kappa shape index (κ3) is 1.92. The Hall–Kier alpha value is -0.720. The molecule has 0 aromatic carbocycles. The molecule has 0 aromatic heterocycles. The van der Waals surface area contributed by atoms with Gasteiger partial charge >= 0.3 is 12.4 Å². The van der Waals surface area contributed by atoms with Crippen molar-refractivity contribution in [1.29, 1.82) is 0 Å². The van der Waals surface area contributed by atoms with Gasteiger partial charge in [-0.3, -0.25) is 0 Å². The van der Waals surface area contributed by atoms with Crippen LogP contribution in [0.3, 0.4) is 0 Å². The van der Waals surface area contributed by atoms with Crippen LogP contribution in [-0.4, -0.2) is 23.1 Å². The fourth-order valence-corrected chi connectivity index (χ4v) is 2.95. The molecule has 0 radical (unpaired) electrons. The van der Waals surface area contributed by atoms with Gasteiger partial charge in [0.2, 0.25) is 0 Å². The molecule has 0 heterocycles. The summed E-state index contributed by atoms with van der Waals surface area (Å²) in [5, 5.41) is 9.18. The Morgan fingerprint density at radius 2 is 1.67 bits per heavy atom. The van der Waals surface area contributed by atoms with Crippen molar-refractivity contribution in [3.05, 3.63) is 12.2 Å². The number of allylic oxidation sites excluding steroid dienone is 2. The van der Waals surface area contributed by atoms with Crippen LogP contribution in [0.1, 0.15) is 25.7 Å². The van der Waals surface area contributed by atoms with Crippen LogP contribution in [0.15, 0.2) is 12.2 Å². The molecular weight excluding hydrogens is 262 g/mol. The highest BCUT2D eigenvalue weighted by Gasteiger charge is 2.72. The molecule has 2 bridgehead atoms. The van der Waals surface area contributed by atoms with Gasteiger partial charge in [-0.15, -0.1) is 0 Å². The first kappa shape index (κ1) is 13.7. The molecular formula is C11H12F6O. The van der Waals surface area contributed by atoms with Crippen molar-refractivity contribution in [2.24, 2.45) is 11.3 Å². The Bertz CT molecular complexity index is 355. The lowest BCUT2D eigenvalue weighted by molar-refractivity contribution is -0.374. The highest BCUT2D eigenvalue weighted by Crippen LogP contribution is 2.58. The van der Waals surface area contributed by atoms with Gasteiger partial charge in [0.15, 0.2) is 0 Å². The molecule has 104 valence electrons. The zero-order valence-corrected chi connectivity index (χ0v) is 9.28. The van der Waals surface area contributed by atoms with E-state index in [1.54, 1.807) is 6.08 Å². The summed E-state index contributed by atoms with van der Waals surface area (Å²) >= 11 is 0. The van der Waals surface area contributed by atoms with Crippen molar-refractivity contribution in [1.82, 2.24) is 0 Å². The standard InChI is InChI=1S/C11H12F6O/c12-10(13,14)9(18,11(15,16)17)6-8-3-1-7(5-8)2-4-8/h1,3,7,18H,2,4-6H2. The van der Waals surface area contributed by atoms with Crippen molar-refractivity contribution in [2.75, 3.05) is 0 Å². The minimum absolute atomic E-state index is 0.0516. The number of hydrogen-bond donors (Lipinski definition) is 1. The smallest absolute Gasteiger partial charge is 0.374 e. The Balaban J connectivity index is 2.30. The van der Waals surface area contributed by atoms with Gasteiger partial charge in [-0.05, 0) is 30.6 Å². The summed E-state index contributed by atoms with van der Waals surface area (Å²) in [5.74, 6) is 0.0516. The second kappa shape index (κ2) is 3.65. The summed E-state index contributed by atoms with van der Waals surface area (Å²) in [5.41, 5.74) is -5.78. The highest BCUT2D eigenvalue weighted by molar-refractivity contribution is 5.18. The minimum Gasteiger partial charge on any atom is -0.374 e. The van der Waals surface area contributed by atoms with Crippen LogP contribution in [0.5, 0.6) is 0 Å². The molecule has 2 aliphatic rings. The molecule has 1 N–H and O–H groups in total. The number of rotatable bonds is 2. The maximum absolute atomic E-state index is 12.6. The van der Waals surface area contributed by atoms with Gasteiger partial charge in [-0.2, -0.15) is 26.3 Å². The lowest BCUT2D eigenvalue weighted by atomic mass is 9.76. The van der Waals surface area contributed by atoms with E-state index in [1.165, 1.54) is 6.08 Å². The topological polar surface area (TPSA) is 20.2 Å². The summed E-state index contributed by atoms with van der Waals surface area (Å²) in [4.78, 5) is 0. The summed E-state index contributed by atoms with van der Waals surface area (Å²) in [6, 6.07) is 0. The van der Waals surface area contributed by atoms with Crippen molar-refractivity contribution in [3.8, 4) is 0 Å². The molecule has 0 amide bonds. The fourth-order valence-electron chi connectivity index (χ4n) is 2.95. The molecule has 0 aromatic rings. The van der Waals surface area contributed by atoms with E-state index in [-0.39, 0.29) is 18.8 Å². The van der Waals surface area contributed by atoms with E-state index in [2.05, 4.69) is 0 Å². The molecule has 1 fully saturated rings. The van der Waals surface area contributed by atoms with Crippen LogP contribution in [0.4, 0.5) is 26.3 Å². The van der Waals surface area contributed by atoms with Gasteiger partial charge < -0.3 is 5.11 Å². The van der Waals surface area contributed by atoms with E-state index in [0.29, 0.717) is 6.42 Å². The number of aliphatic hydroxyl groups is 1. The predicted molar refractivity (Wildman–Crippen MR) is 50.6 cm³/mol. The molecule has 2 rings (SSSR count). The van der Waals surface area contributed by atoms with Gasteiger partial charge in [-0.1, -0.05) is 12.2 Å². The fraction of sp³-hybridized carbons (Fsp3) is 0.818. The van der Waals surface area contributed by atoms with Crippen molar-refractivity contribution >= 4 is 0 Å². The molecule has 7 heteroatoms. The second-order valence-electron chi connectivity index (χ2n) is 5.26. The van der Waals surface area contributed by atoms with Gasteiger partial charge in [0, 0.05) is 6.42 Å². The lowest BCUT2D eigenvalue weighted by Crippen LogP contribution is -2.58. The van der Waals surface area contributed by atoms with Crippen LogP contribution in [-0.2, 0) is 0 Å². The third-order valence-corrected chi connectivity index (χ3v) is 3.95. The van der Waals surface area contributed by atoms with Crippen LogP contribution in [0.25, 0.3) is 0 Å². The molecule has 1 saturated carbocycles. The molecule has 2 aliphatic carbocycles. The Kier molecular flexibility index (Phi) is 2.78. The van der Waals surface area contributed by atoms with E-state index in [0.717, 1.165) is 0 Å². The molecule has 1 nitrogen and oxygen atoms in total. The summed E-state index contributed by atoms with van der Waals surface area (Å²) in [7, 11) is 0. The quantitative estimate of drug-likeness (QED) is 0.602.